The lowest BCUT2D eigenvalue weighted by molar-refractivity contribution is -0.128. The summed E-state index contributed by atoms with van der Waals surface area (Å²) in [7, 11) is -3.84. The van der Waals surface area contributed by atoms with Crippen molar-refractivity contribution in [3.63, 3.8) is 0 Å². The molecular formula is C22H28N2O4S. The second-order valence-electron chi connectivity index (χ2n) is 7.97. The molecule has 7 heteroatoms. The molecule has 0 bridgehead atoms. The summed E-state index contributed by atoms with van der Waals surface area (Å²) in [5.41, 5.74) is 2.34. The fourth-order valence-corrected chi connectivity index (χ4v) is 4.52. The summed E-state index contributed by atoms with van der Waals surface area (Å²) in [6, 6.07) is 12.0. The number of fused-ring (bicyclic) bond motifs is 1. The Balaban J connectivity index is 1.99. The predicted molar refractivity (Wildman–Crippen MR) is 114 cm³/mol. The van der Waals surface area contributed by atoms with E-state index in [-0.39, 0.29) is 29.3 Å². The van der Waals surface area contributed by atoms with Crippen LogP contribution in [0.3, 0.4) is 0 Å². The zero-order chi connectivity index (χ0) is 21.3. The van der Waals surface area contributed by atoms with Crippen LogP contribution in [-0.2, 0) is 14.8 Å². The number of carbonyl (C=O) groups excluding carboxylic acids is 1. The minimum atomic E-state index is -3.84. The number of amides is 1. The lowest BCUT2D eigenvalue weighted by Crippen LogP contribution is -2.52. The Labute approximate surface area is 172 Å². The second-order valence-corrected chi connectivity index (χ2v) is 9.83. The number of rotatable bonds is 5. The first-order valence-corrected chi connectivity index (χ1v) is 11.2. The van der Waals surface area contributed by atoms with Crippen molar-refractivity contribution in [2.24, 2.45) is 5.92 Å². The highest BCUT2D eigenvalue weighted by molar-refractivity contribution is 7.92. The van der Waals surface area contributed by atoms with Crippen LogP contribution in [0.1, 0.15) is 31.9 Å². The van der Waals surface area contributed by atoms with Gasteiger partial charge in [-0.3, -0.25) is 9.10 Å². The quantitative estimate of drug-likeness (QED) is 0.810. The number of sulfonamides is 1. The predicted octanol–water partition coefficient (Wildman–Crippen LogP) is 3.42. The van der Waals surface area contributed by atoms with Gasteiger partial charge in [0.2, 0.25) is 0 Å². The molecule has 3 rings (SSSR count). The van der Waals surface area contributed by atoms with Gasteiger partial charge in [0.15, 0.2) is 6.10 Å². The first kappa shape index (κ1) is 21.2. The molecule has 2 aromatic carbocycles. The van der Waals surface area contributed by atoms with E-state index in [1.54, 1.807) is 36.4 Å². The minimum Gasteiger partial charge on any atom is -0.476 e. The molecular weight excluding hydrogens is 388 g/mol. The van der Waals surface area contributed by atoms with E-state index in [0.29, 0.717) is 11.4 Å². The highest BCUT2D eigenvalue weighted by Gasteiger charge is 2.38. The molecule has 0 aromatic heterocycles. The average Bonchev–Trinajstić information content (AvgIpc) is 2.66. The number of aryl methyl sites for hydroxylation is 2. The van der Waals surface area contributed by atoms with Gasteiger partial charge in [-0.15, -0.1) is 0 Å². The molecule has 1 aliphatic rings. The summed E-state index contributed by atoms with van der Waals surface area (Å²) in [5.74, 6) is 0.330. The Hall–Kier alpha value is -2.54. The van der Waals surface area contributed by atoms with Crippen LogP contribution < -0.4 is 14.4 Å². The van der Waals surface area contributed by atoms with Crippen LogP contribution in [0.25, 0.3) is 0 Å². The fraction of sp³-hybridized carbons (Fsp3) is 0.409. The maximum Gasteiger partial charge on any atom is 0.264 e. The van der Waals surface area contributed by atoms with Crippen molar-refractivity contribution in [1.29, 1.82) is 0 Å². The SMILES string of the molecule is Cc1ccc(S(=O)(=O)N2C[C@H](C(=O)N[C@H](C)C(C)C)Oc3cc(C)ccc32)cc1. The zero-order valence-electron chi connectivity index (χ0n) is 17.5. The Morgan fingerprint density at radius 3 is 2.31 bits per heavy atom. The van der Waals surface area contributed by atoms with Gasteiger partial charge in [0, 0.05) is 6.04 Å². The fourth-order valence-electron chi connectivity index (χ4n) is 3.05. The molecule has 1 heterocycles. The van der Waals surface area contributed by atoms with Crippen LogP contribution >= 0.6 is 0 Å². The van der Waals surface area contributed by atoms with Gasteiger partial charge in [-0.25, -0.2) is 8.42 Å². The molecule has 0 radical (unpaired) electrons. The van der Waals surface area contributed by atoms with Crippen LogP contribution in [0.15, 0.2) is 47.4 Å². The number of benzene rings is 2. The lowest BCUT2D eigenvalue weighted by atomic mass is 10.1. The summed E-state index contributed by atoms with van der Waals surface area (Å²) in [6.45, 7) is 9.67. The number of nitrogens with one attached hydrogen (secondary N) is 1. The molecule has 1 amide bonds. The van der Waals surface area contributed by atoms with E-state index in [4.69, 9.17) is 4.74 Å². The minimum absolute atomic E-state index is 0.0489. The molecule has 0 aliphatic carbocycles. The van der Waals surface area contributed by atoms with Crippen molar-refractivity contribution in [1.82, 2.24) is 5.32 Å². The first-order chi connectivity index (χ1) is 13.6. The number of carbonyl (C=O) groups is 1. The molecule has 1 aliphatic heterocycles. The van der Waals surface area contributed by atoms with E-state index >= 15 is 0 Å². The number of hydrogen-bond acceptors (Lipinski definition) is 4. The van der Waals surface area contributed by atoms with Gasteiger partial charge in [0.1, 0.15) is 5.75 Å². The maximum absolute atomic E-state index is 13.4. The molecule has 29 heavy (non-hydrogen) atoms. The monoisotopic (exact) mass is 416 g/mol. The summed E-state index contributed by atoms with van der Waals surface area (Å²) < 4.78 is 34.0. The van der Waals surface area contributed by atoms with Crippen molar-refractivity contribution in [2.45, 2.75) is 51.7 Å². The van der Waals surface area contributed by atoms with Crippen LogP contribution in [0.5, 0.6) is 5.75 Å². The largest absolute Gasteiger partial charge is 0.476 e. The molecule has 0 saturated heterocycles. The van der Waals surface area contributed by atoms with Gasteiger partial charge in [-0.2, -0.15) is 0 Å². The van der Waals surface area contributed by atoms with Crippen molar-refractivity contribution >= 4 is 21.6 Å². The van der Waals surface area contributed by atoms with Gasteiger partial charge in [-0.1, -0.05) is 37.6 Å². The maximum atomic E-state index is 13.4. The van der Waals surface area contributed by atoms with E-state index < -0.39 is 16.1 Å². The molecule has 0 fully saturated rings. The van der Waals surface area contributed by atoms with Crippen LogP contribution in [0.2, 0.25) is 0 Å². The van der Waals surface area contributed by atoms with Gasteiger partial charge in [0.05, 0.1) is 17.1 Å². The Morgan fingerprint density at radius 1 is 1.07 bits per heavy atom. The van der Waals surface area contributed by atoms with Crippen LogP contribution in [-0.4, -0.2) is 33.0 Å². The molecule has 0 saturated carbocycles. The summed E-state index contributed by atoms with van der Waals surface area (Å²) >= 11 is 0. The standard InChI is InChI=1S/C22H28N2O4S/c1-14(2)17(5)23-22(25)21-13-24(19-11-8-16(4)12-20(19)28-21)29(26,27)18-9-6-15(3)7-10-18/h6-12,14,17,21H,13H2,1-5H3,(H,23,25)/t17-,21-/m1/s1. The number of hydrogen-bond donors (Lipinski definition) is 1. The number of nitrogens with zero attached hydrogens (tertiary/aromatic N) is 1. The smallest absolute Gasteiger partial charge is 0.264 e. The van der Waals surface area contributed by atoms with E-state index in [0.717, 1.165) is 11.1 Å². The van der Waals surface area contributed by atoms with Gasteiger partial charge < -0.3 is 10.1 Å². The van der Waals surface area contributed by atoms with Gasteiger partial charge in [0.25, 0.3) is 15.9 Å². The van der Waals surface area contributed by atoms with Crippen molar-refractivity contribution in [3.05, 3.63) is 53.6 Å². The normalized spacial score (nSPS) is 17.4. The third kappa shape index (κ3) is 4.40. The molecule has 2 atom stereocenters. The molecule has 0 unspecified atom stereocenters. The Kier molecular flexibility index (Phi) is 5.89. The number of anilines is 1. The topological polar surface area (TPSA) is 75.7 Å². The molecule has 1 N–H and O–H groups in total. The van der Waals surface area contributed by atoms with E-state index in [1.165, 1.54) is 4.31 Å². The first-order valence-electron chi connectivity index (χ1n) is 9.76. The van der Waals surface area contributed by atoms with Crippen LogP contribution in [0, 0.1) is 19.8 Å². The highest BCUT2D eigenvalue weighted by Crippen LogP contribution is 2.37. The Morgan fingerprint density at radius 2 is 1.69 bits per heavy atom. The van der Waals surface area contributed by atoms with Crippen LogP contribution in [0.4, 0.5) is 5.69 Å². The van der Waals surface area contributed by atoms with E-state index in [1.807, 2.05) is 40.7 Å². The summed E-state index contributed by atoms with van der Waals surface area (Å²) in [5, 5.41) is 2.93. The second kappa shape index (κ2) is 8.06. The molecule has 2 aromatic rings. The van der Waals surface area contributed by atoms with E-state index in [9.17, 15) is 13.2 Å². The lowest BCUT2D eigenvalue weighted by Gasteiger charge is -2.35. The Bertz CT molecular complexity index is 1000. The summed E-state index contributed by atoms with van der Waals surface area (Å²) in [4.78, 5) is 13.0. The van der Waals surface area contributed by atoms with Crippen molar-refractivity contribution in [2.75, 3.05) is 10.8 Å². The zero-order valence-corrected chi connectivity index (χ0v) is 18.3. The molecule has 6 nitrogen and oxygen atoms in total. The third-order valence-corrected chi connectivity index (χ3v) is 7.05. The molecule has 156 valence electrons. The van der Waals surface area contributed by atoms with Crippen molar-refractivity contribution < 1.29 is 17.9 Å². The summed E-state index contributed by atoms with van der Waals surface area (Å²) in [6.07, 6.45) is -0.925. The average molecular weight is 417 g/mol. The van der Waals surface area contributed by atoms with E-state index in [2.05, 4.69) is 5.32 Å². The molecule has 0 spiro atoms. The number of ether oxygens (including phenoxy) is 1. The van der Waals surface area contributed by atoms with Gasteiger partial charge in [-0.05, 0) is 56.5 Å². The van der Waals surface area contributed by atoms with Gasteiger partial charge >= 0.3 is 0 Å². The highest BCUT2D eigenvalue weighted by atomic mass is 32.2. The third-order valence-electron chi connectivity index (χ3n) is 5.26. The van der Waals surface area contributed by atoms with Crippen molar-refractivity contribution in [3.8, 4) is 5.75 Å².